The molecule has 6 atom stereocenters. The number of aliphatic hydroxyl groups excluding tert-OH is 1. The minimum atomic E-state index is -1.39. The molecule has 254 valence electrons. The molecule has 2 fully saturated rings. The largest absolute Gasteiger partial charge is 0.394 e. The van der Waals surface area contributed by atoms with E-state index in [1.54, 1.807) is 14.7 Å². The van der Waals surface area contributed by atoms with Crippen LogP contribution in [0, 0.1) is 11.8 Å². The van der Waals surface area contributed by atoms with Gasteiger partial charge in [-0.15, -0.1) is 0 Å². The Labute approximate surface area is 288 Å². The Bertz CT molecular complexity index is 1720. The summed E-state index contributed by atoms with van der Waals surface area (Å²) in [7, 11) is 0. The maximum atomic E-state index is 15.0. The van der Waals surface area contributed by atoms with Gasteiger partial charge in [0.1, 0.15) is 11.6 Å². The number of carbonyl (C=O) groups is 3. The van der Waals surface area contributed by atoms with E-state index < -0.39 is 35.6 Å². The van der Waals surface area contributed by atoms with Crippen molar-refractivity contribution in [2.45, 2.75) is 50.6 Å². The van der Waals surface area contributed by atoms with Gasteiger partial charge in [0, 0.05) is 44.1 Å². The third kappa shape index (κ3) is 5.74. The number of fused-ring (bicyclic) bond motifs is 2. The van der Waals surface area contributed by atoms with Crippen LogP contribution >= 0.6 is 0 Å². The number of aliphatic hydroxyl groups is 1. The summed E-state index contributed by atoms with van der Waals surface area (Å²) in [6.45, 7) is 6.67. The smallest absolute Gasteiger partial charge is 0.253 e. The predicted molar refractivity (Wildman–Crippen MR) is 189 cm³/mol. The van der Waals surface area contributed by atoms with Crippen LogP contribution in [0.5, 0.6) is 0 Å². The van der Waals surface area contributed by atoms with Gasteiger partial charge < -0.3 is 29.4 Å². The molecule has 1 N–H and O–H groups in total. The summed E-state index contributed by atoms with van der Waals surface area (Å²) in [5, 5.41) is 10.9. The van der Waals surface area contributed by atoms with Crippen molar-refractivity contribution in [3.8, 4) is 0 Å². The Kier molecular flexibility index (Phi) is 9.13. The second-order valence-corrected chi connectivity index (χ2v) is 13.3. The molecule has 4 aliphatic rings. The fourth-order valence-electron chi connectivity index (χ4n) is 8.27. The highest BCUT2D eigenvalue weighted by Crippen LogP contribution is 2.54. The number of benzene rings is 3. The molecule has 3 amide bonds. The van der Waals surface area contributed by atoms with E-state index in [4.69, 9.17) is 4.74 Å². The van der Waals surface area contributed by atoms with E-state index in [1.165, 1.54) is 0 Å². The van der Waals surface area contributed by atoms with Crippen LogP contribution in [-0.4, -0.2) is 89.2 Å². The summed E-state index contributed by atoms with van der Waals surface area (Å²) in [5.41, 5.74) is 2.30. The third-order valence-electron chi connectivity index (χ3n) is 10.6. The third-order valence-corrected chi connectivity index (χ3v) is 10.6. The highest BCUT2D eigenvalue weighted by atomic mass is 16.5. The Morgan fingerprint density at radius 3 is 2.16 bits per heavy atom. The number of carbonyl (C=O) groups excluding carboxylic acids is 3. The topological polar surface area (TPSA) is 93.6 Å². The molecule has 0 saturated carbocycles. The number of amides is 3. The molecule has 7 rings (SSSR count). The van der Waals surface area contributed by atoms with Crippen molar-refractivity contribution in [2.24, 2.45) is 11.8 Å². The molecule has 0 aromatic heterocycles. The van der Waals surface area contributed by atoms with Crippen LogP contribution in [0.1, 0.15) is 25.0 Å². The average molecular weight is 661 g/mol. The van der Waals surface area contributed by atoms with Gasteiger partial charge in [0.25, 0.3) is 5.91 Å². The minimum Gasteiger partial charge on any atom is -0.394 e. The lowest BCUT2D eigenvalue weighted by Gasteiger charge is -2.38. The van der Waals surface area contributed by atoms with E-state index in [0.29, 0.717) is 25.2 Å². The molecule has 1 spiro atoms. The van der Waals surface area contributed by atoms with E-state index in [9.17, 15) is 19.5 Å². The van der Waals surface area contributed by atoms with Crippen LogP contribution in [0.15, 0.2) is 109 Å². The van der Waals surface area contributed by atoms with Gasteiger partial charge in [-0.25, -0.2) is 0 Å². The molecule has 9 nitrogen and oxygen atoms in total. The second-order valence-electron chi connectivity index (χ2n) is 13.3. The molecule has 0 bridgehead atoms. The maximum Gasteiger partial charge on any atom is 0.253 e. The Balaban J connectivity index is 1.29. The van der Waals surface area contributed by atoms with Crippen LogP contribution in [-0.2, 0) is 32.1 Å². The molecular formula is C40H44N4O5. The first kappa shape index (κ1) is 32.8. The molecule has 0 radical (unpaired) electrons. The summed E-state index contributed by atoms with van der Waals surface area (Å²) in [6, 6.07) is 25.6. The molecule has 4 heterocycles. The van der Waals surface area contributed by atoms with Crippen molar-refractivity contribution in [2.75, 3.05) is 42.6 Å². The van der Waals surface area contributed by atoms with Crippen LogP contribution in [0.4, 0.5) is 11.4 Å². The van der Waals surface area contributed by atoms with Crippen molar-refractivity contribution in [3.63, 3.8) is 0 Å². The standard InChI is InChI=1S/C40H44N4O5/c1-3-41(4-2)30-18-20-31(21-19-30)43-24-12-22-40-35(34-33(49-40)17-11-23-42(37(34)46)26-29-15-9-6-10-16-29)38(47)44(36(40)39(43)48)32(27-45)25-28-13-7-5-8-14-28/h5-22,32-36,45H,3-4,23-27H2,1-2H3/t32-,33-,34+,35+,36?,40+/m1/s1. The van der Waals surface area contributed by atoms with Gasteiger partial charge >= 0.3 is 0 Å². The van der Waals surface area contributed by atoms with Gasteiger partial charge in [-0.2, -0.15) is 0 Å². The van der Waals surface area contributed by atoms with Gasteiger partial charge in [0.2, 0.25) is 11.8 Å². The summed E-state index contributed by atoms with van der Waals surface area (Å²) in [6.07, 6.45) is 7.24. The van der Waals surface area contributed by atoms with Crippen LogP contribution in [0.25, 0.3) is 0 Å². The first-order valence-corrected chi connectivity index (χ1v) is 17.4. The summed E-state index contributed by atoms with van der Waals surface area (Å²) >= 11 is 0. The van der Waals surface area contributed by atoms with Crippen molar-refractivity contribution in [1.82, 2.24) is 9.80 Å². The zero-order valence-corrected chi connectivity index (χ0v) is 28.1. The monoisotopic (exact) mass is 660 g/mol. The fourth-order valence-corrected chi connectivity index (χ4v) is 8.27. The molecule has 0 aliphatic carbocycles. The van der Waals surface area contributed by atoms with Gasteiger partial charge in [0.05, 0.1) is 30.6 Å². The summed E-state index contributed by atoms with van der Waals surface area (Å²) < 4.78 is 6.87. The number of nitrogens with zero attached hydrogens (tertiary/aromatic N) is 4. The molecular weight excluding hydrogens is 616 g/mol. The predicted octanol–water partition coefficient (Wildman–Crippen LogP) is 4.22. The SMILES string of the molecule is CCN(CC)c1ccc(N2CC=C[C@]34O[C@@H]5C=CCN(Cc6ccccc6)C(=O)[C@@H]5[C@H]3C(=O)N([C@@H](CO)Cc3ccccc3)C4C2=O)cc1. The number of likely N-dealkylation sites (tertiary alicyclic amines) is 1. The lowest BCUT2D eigenvalue weighted by molar-refractivity contribution is -0.147. The van der Waals surface area contributed by atoms with Crippen LogP contribution in [0.3, 0.4) is 0 Å². The zero-order valence-electron chi connectivity index (χ0n) is 28.1. The second kappa shape index (κ2) is 13.6. The highest BCUT2D eigenvalue weighted by molar-refractivity contribution is 6.06. The van der Waals surface area contributed by atoms with Crippen LogP contribution < -0.4 is 9.80 Å². The van der Waals surface area contributed by atoms with Gasteiger partial charge in [-0.05, 0) is 55.7 Å². The van der Waals surface area contributed by atoms with E-state index >= 15 is 0 Å². The van der Waals surface area contributed by atoms with Gasteiger partial charge in [-0.1, -0.05) is 85.0 Å². The minimum absolute atomic E-state index is 0.174. The Morgan fingerprint density at radius 1 is 0.837 bits per heavy atom. The first-order chi connectivity index (χ1) is 23.9. The number of anilines is 2. The molecule has 2 saturated heterocycles. The molecule has 49 heavy (non-hydrogen) atoms. The van der Waals surface area contributed by atoms with E-state index in [2.05, 4.69) is 18.7 Å². The molecule has 4 aliphatic heterocycles. The zero-order chi connectivity index (χ0) is 34.1. The molecule has 1 unspecified atom stereocenters. The summed E-state index contributed by atoms with van der Waals surface area (Å²) in [5.74, 6) is -2.57. The van der Waals surface area contributed by atoms with Crippen molar-refractivity contribution in [1.29, 1.82) is 0 Å². The number of rotatable bonds is 10. The molecule has 3 aromatic rings. The van der Waals surface area contributed by atoms with Crippen LogP contribution in [0.2, 0.25) is 0 Å². The first-order valence-electron chi connectivity index (χ1n) is 17.4. The maximum absolute atomic E-state index is 15.0. The normalized spacial score (nSPS) is 26.7. The quantitative estimate of drug-likeness (QED) is 0.328. The van der Waals surface area contributed by atoms with E-state index in [1.807, 2.05) is 109 Å². The molecule has 9 heteroatoms. The van der Waals surface area contributed by atoms with Crippen molar-refractivity contribution < 1.29 is 24.2 Å². The number of hydrogen-bond acceptors (Lipinski definition) is 6. The lowest BCUT2D eigenvalue weighted by atomic mass is 9.77. The molecule has 3 aromatic carbocycles. The summed E-state index contributed by atoms with van der Waals surface area (Å²) in [4.78, 5) is 51.7. The lowest BCUT2D eigenvalue weighted by Crippen LogP contribution is -2.58. The number of hydrogen-bond donors (Lipinski definition) is 1. The van der Waals surface area contributed by atoms with Crippen molar-refractivity contribution in [3.05, 3.63) is 120 Å². The van der Waals surface area contributed by atoms with Gasteiger partial charge in [0.15, 0.2) is 0 Å². The average Bonchev–Trinajstić information content (AvgIpc) is 3.46. The Morgan fingerprint density at radius 2 is 1.51 bits per heavy atom. The van der Waals surface area contributed by atoms with Gasteiger partial charge in [-0.3, -0.25) is 14.4 Å². The highest BCUT2D eigenvalue weighted by Gasteiger charge is 2.72. The fraction of sp³-hybridized carbons (Fsp3) is 0.375. The van der Waals surface area contributed by atoms with E-state index in [-0.39, 0.29) is 30.9 Å². The van der Waals surface area contributed by atoms with Crippen molar-refractivity contribution >= 4 is 29.1 Å². The number of ether oxygens (including phenoxy) is 1. The Hall–Kier alpha value is -4.73. The van der Waals surface area contributed by atoms with E-state index in [0.717, 1.165) is 29.9 Å².